The van der Waals surface area contributed by atoms with Crippen molar-refractivity contribution >= 4 is 17.0 Å². The molecule has 0 aliphatic rings. The molecule has 0 aliphatic heterocycles. The topological polar surface area (TPSA) is 52.1 Å². The summed E-state index contributed by atoms with van der Waals surface area (Å²) in [6.07, 6.45) is 0. The Morgan fingerprint density at radius 1 is 0.548 bits per heavy atom. The van der Waals surface area contributed by atoms with Crippen LogP contribution in [0.25, 0.3) is 33.5 Å². The van der Waals surface area contributed by atoms with Gasteiger partial charge in [-0.3, -0.25) is 0 Å². The van der Waals surface area contributed by atoms with E-state index in [1.165, 1.54) is 0 Å². The Labute approximate surface area is 179 Å². The molecule has 148 valence electrons. The quantitative estimate of drug-likeness (QED) is 0.266. The molecule has 0 N–H and O–H groups in total. The Kier molecular flexibility index (Phi) is 4.95. The maximum atomic E-state index is 12.3. The van der Waals surface area contributed by atoms with Gasteiger partial charge in [-0.1, -0.05) is 60.7 Å². The van der Waals surface area contributed by atoms with Crippen LogP contribution in [-0.2, 0) is 0 Å². The van der Waals surface area contributed by atoms with Crippen LogP contribution < -0.4 is 4.74 Å². The van der Waals surface area contributed by atoms with Crippen LogP contribution in [0.15, 0.2) is 109 Å². The maximum Gasteiger partial charge on any atom is 0.343 e. The first-order valence-corrected chi connectivity index (χ1v) is 9.98. The molecule has 0 aliphatic carbocycles. The van der Waals surface area contributed by atoms with Gasteiger partial charge >= 0.3 is 5.97 Å². The van der Waals surface area contributed by atoms with Gasteiger partial charge in [0.05, 0.1) is 28.0 Å². The number of hydrogen-bond donors (Lipinski definition) is 0. The van der Waals surface area contributed by atoms with Crippen molar-refractivity contribution in [1.82, 2.24) is 9.97 Å². The third-order valence-electron chi connectivity index (χ3n) is 4.97. The van der Waals surface area contributed by atoms with E-state index >= 15 is 0 Å². The highest BCUT2D eigenvalue weighted by Gasteiger charge is 2.14. The fourth-order valence-electron chi connectivity index (χ4n) is 3.42. The molecule has 1 heterocycles. The zero-order valence-corrected chi connectivity index (χ0v) is 16.6. The molecule has 1 aromatic heterocycles. The normalized spacial score (nSPS) is 10.7. The first kappa shape index (κ1) is 18.7. The average Bonchev–Trinajstić information content (AvgIpc) is 2.85. The number of ether oxygens (including phenoxy) is 1. The summed E-state index contributed by atoms with van der Waals surface area (Å²) in [5, 5.41) is 0. The lowest BCUT2D eigenvalue weighted by molar-refractivity contribution is 0.0735. The summed E-state index contributed by atoms with van der Waals surface area (Å²) in [4.78, 5) is 22.1. The highest BCUT2D eigenvalue weighted by Crippen LogP contribution is 2.31. The van der Waals surface area contributed by atoms with Crippen molar-refractivity contribution in [2.45, 2.75) is 0 Å². The second kappa shape index (κ2) is 8.20. The summed E-state index contributed by atoms with van der Waals surface area (Å²) in [5.41, 5.74) is 5.68. The predicted octanol–water partition coefficient (Wildman–Crippen LogP) is 6.18. The Hall–Kier alpha value is -4.31. The second-order valence-electron chi connectivity index (χ2n) is 7.06. The van der Waals surface area contributed by atoms with Crippen molar-refractivity contribution in [3.63, 3.8) is 0 Å². The van der Waals surface area contributed by atoms with E-state index in [0.29, 0.717) is 11.3 Å². The Balaban J connectivity index is 1.52. The van der Waals surface area contributed by atoms with Crippen LogP contribution in [-0.4, -0.2) is 15.9 Å². The molecular weight excluding hydrogens is 384 g/mol. The highest BCUT2D eigenvalue weighted by molar-refractivity contribution is 5.91. The SMILES string of the molecule is O=C(Oc1ccc(-c2nc3ccccc3nc2-c2ccccc2)cc1)c1ccccc1. The van der Waals surface area contributed by atoms with Gasteiger partial charge < -0.3 is 4.74 Å². The molecule has 0 unspecified atom stereocenters. The van der Waals surface area contributed by atoms with E-state index < -0.39 is 0 Å². The summed E-state index contributed by atoms with van der Waals surface area (Å²) in [6.45, 7) is 0. The Bertz CT molecular complexity index is 1350. The van der Waals surface area contributed by atoms with Crippen LogP contribution in [0.1, 0.15) is 10.4 Å². The molecule has 0 saturated carbocycles. The molecule has 4 aromatic carbocycles. The van der Waals surface area contributed by atoms with Gasteiger partial charge in [0.2, 0.25) is 0 Å². The molecule has 0 saturated heterocycles. The molecular formula is C27H18N2O2. The number of esters is 1. The molecule has 0 atom stereocenters. The van der Waals surface area contributed by atoms with Crippen LogP contribution >= 0.6 is 0 Å². The monoisotopic (exact) mass is 402 g/mol. The standard InChI is InChI=1S/C27H18N2O2/c30-27(21-11-5-2-6-12-21)31-22-17-15-20(16-18-22)26-25(19-9-3-1-4-10-19)28-23-13-7-8-14-24(23)29-26/h1-18H. The summed E-state index contributed by atoms with van der Waals surface area (Å²) in [6, 6.07) is 34.1. The lowest BCUT2D eigenvalue weighted by atomic mass is 10.0. The zero-order chi connectivity index (χ0) is 21.0. The van der Waals surface area contributed by atoms with E-state index in [-0.39, 0.29) is 5.97 Å². The van der Waals surface area contributed by atoms with Crippen molar-refractivity contribution in [1.29, 1.82) is 0 Å². The van der Waals surface area contributed by atoms with Gasteiger partial charge in [0, 0.05) is 11.1 Å². The predicted molar refractivity (Wildman–Crippen MR) is 122 cm³/mol. The molecule has 0 amide bonds. The molecule has 5 rings (SSSR count). The van der Waals surface area contributed by atoms with E-state index in [2.05, 4.69) is 0 Å². The van der Waals surface area contributed by atoms with Gasteiger partial charge in [0.1, 0.15) is 5.75 Å². The van der Waals surface area contributed by atoms with E-state index in [1.54, 1.807) is 24.3 Å². The number of carbonyl (C=O) groups is 1. The van der Waals surface area contributed by atoms with Crippen molar-refractivity contribution in [2.24, 2.45) is 0 Å². The number of benzene rings is 4. The summed E-state index contributed by atoms with van der Waals surface area (Å²) in [5.74, 6) is 0.0939. The van der Waals surface area contributed by atoms with Crippen LogP contribution in [0.4, 0.5) is 0 Å². The maximum absolute atomic E-state index is 12.3. The van der Waals surface area contributed by atoms with Crippen molar-refractivity contribution in [2.75, 3.05) is 0 Å². The number of para-hydroxylation sites is 2. The van der Waals surface area contributed by atoms with E-state index in [4.69, 9.17) is 14.7 Å². The Morgan fingerprint density at radius 2 is 1.03 bits per heavy atom. The van der Waals surface area contributed by atoms with Crippen LogP contribution in [0, 0.1) is 0 Å². The van der Waals surface area contributed by atoms with Gasteiger partial charge in [0.25, 0.3) is 0 Å². The third-order valence-corrected chi connectivity index (χ3v) is 4.97. The largest absolute Gasteiger partial charge is 0.423 e. The Morgan fingerprint density at radius 3 is 1.61 bits per heavy atom. The lowest BCUT2D eigenvalue weighted by Crippen LogP contribution is -2.07. The molecule has 0 spiro atoms. The molecule has 0 fully saturated rings. The van der Waals surface area contributed by atoms with E-state index in [9.17, 15) is 4.79 Å². The minimum Gasteiger partial charge on any atom is -0.423 e. The number of hydrogen-bond acceptors (Lipinski definition) is 4. The number of fused-ring (bicyclic) bond motifs is 1. The number of carbonyl (C=O) groups excluding carboxylic acids is 1. The van der Waals surface area contributed by atoms with E-state index in [1.807, 2.05) is 84.9 Å². The number of rotatable bonds is 4. The first-order valence-electron chi connectivity index (χ1n) is 9.98. The van der Waals surface area contributed by atoms with Gasteiger partial charge in [-0.05, 0) is 48.5 Å². The van der Waals surface area contributed by atoms with Crippen LogP contribution in [0.2, 0.25) is 0 Å². The minimum absolute atomic E-state index is 0.385. The van der Waals surface area contributed by atoms with E-state index in [0.717, 1.165) is 33.5 Å². The number of aromatic nitrogens is 2. The fraction of sp³-hybridized carbons (Fsp3) is 0. The molecule has 0 bridgehead atoms. The molecule has 4 heteroatoms. The van der Waals surface area contributed by atoms with Crippen LogP contribution in [0.3, 0.4) is 0 Å². The van der Waals surface area contributed by atoms with Crippen LogP contribution in [0.5, 0.6) is 5.75 Å². The van der Waals surface area contributed by atoms with Gasteiger partial charge in [-0.2, -0.15) is 0 Å². The lowest BCUT2D eigenvalue weighted by Gasteiger charge is -2.11. The van der Waals surface area contributed by atoms with Gasteiger partial charge in [-0.15, -0.1) is 0 Å². The zero-order valence-electron chi connectivity index (χ0n) is 16.6. The smallest absolute Gasteiger partial charge is 0.343 e. The summed E-state index contributed by atoms with van der Waals surface area (Å²) < 4.78 is 5.50. The summed E-state index contributed by atoms with van der Waals surface area (Å²) >= 11 is 0. The van der Waals surface area contributed by atoms with Crippen molar-refractivity contribution < 1.29 is 9.53 Å². The summed E-state index contributed by atoms with van der Waals surface area (Å²) in [7, 11) is 0. The van der Waals surface area contributed by atoms with Crippen molar-refractivity contribution in [3.05, 3.63) is 115 Å². The third kappa shape index (κ3) is 3.91. The molecule has 31 heavy (non-hydrogen) atoms. The molecule has 5 aromatic rings. The van der Waals surface area contributed by atoms with Crippen molar-refractivity contribution in [3.8, 4) is 28.3 Å². The first-order chi connectivity index (χ1) is 15.3. The molecule has 0 radical (unpaired) electrons. The molecule has 4 nitrogen and oxygen atoms in total. The highest BCUT2D eigenvalue weighted by atomic mass is 16.5. The second-order valence-corrected chi connectivity index (χ2v) is 7.06. The fourth-order valence-corrected chi connectivity index (χ4v) is 3.42. The van der Waals surface area contributed by atoms with Gasteiger partial charge in [0.15, 0.2) is 0 Å². The minimum atomic E-state index is -0.385. The average molecular weight is 402 g/mol. The number of nitrogens with zero attached hydrogens (tertiary/aromatic N) is 2. The van der Waals surface area contributed by atoms with Gasteiger partial charge in [-0.25, -0.2) is 14.8 Å².